The van der Waals surface area contributed by atoms with Crippen LogP contribution < -0.4 is 0 Å². The van der Waals surface area contributed by atoms with Gasteiger partial charge in [0, 0.05) is 6.42 Å². The minimum Gasteiger partial charge on any atom is -0.481 e. The minimum absolute atomic E-state index is 0.0546. The van der Waals surface area contributed by atoms with Gasteiger partial charge in [0.25, 0.3) is 0 Å². The summed E-state index contributed by atoms with van der Waals surface area (Å²) in [6.45, 7) is 1.42. The zero-order chi connectivity index (χ0) is 12.7. The van der Waals surface area contributed by atoms with Gasteiger partial charge in [0.1, 0.15) is 11.5 Å². The Kier molecular flexibility index (Phi) is 2.68. The molecule has 1 saturated carbocycles. The van der Waals surface area contributed by atoms with Gasteiger partial charge in [-0.15, -0.1) is 0 Å². The standard InChI is InChI=1S/C13H14F2O2/c1-12(15)6-7-13(8-12,11(16)17)9-2-4-10(14)5-3-9/h2-5H,6-8H2,1H3,(H,16,17). The van der Waals surface area contributed by atoms with Gasteiger partial charge in [0.2, 0.25) is 0 Å². The molecule has 1 aliphatic carbocycles. The largest absolute Gasteiger partial charge is 0.481 e. The zero-order valence-corrected chi connectivity index (χ0v) is 9.54. The van der Waals surface area contributed by atoms with Crippen molar-refractivity contribution in [3.8, 4) is 0 Å². The number of alkyl halides is 1. The SMILES string of the molecule is CC1(F)CCC(C(=O)O)(c2ccc(F)cc2)C1. The van der Waals surface area contributed by atoms with E-state index in [9.17, 15) is 18.7 Å². The highest BCUT2D eigenvalue weighted by Gasteiger charge is 2.52. The second kappa shape index (κ2) is 3.79. The predicted octanol–water partition coefficient (Wildman–Crippen LogP) is 3.06. The summed E-state index contributed by atoms with van der Waals surface area (Å²) in [5.41, 5.74) is -2.20. The van der Waals surface area contributed by atoms with Crippen molar-refractivity contribution in [2.45, 2.75) is 37.3 Å². The second-order valence-corrected chi connectivity index (χ2v) is 4.98. The second-order valence-electron chi connectivity index (χ2n) is 4.98. The molecule has 1 fully saturated rings. The highest BCUT2D eigenvalue weighted by molar-refractivity contribution is 5.82. The van der Waals surface area contributed by atoms with Gasteiger partial charge in [-0.1, -0.05) is 12.1 Å². The molecule has 0 aliphatic heterocycles. The van der Waals surface area contributed by atoms with Gasteiger partial charge >= 0.3 is 5.97 Å². The molecule has 2 rings (SSSR count). The van der Waals surface area contributed by atoms with Crippen LogP contribution in [0.5, 0.6) is 0 Å². The lowest BCUT2D eigenvalue weighted by atomic mass is 9.78. The van der Waals surface area contributed by atoms with Crippen molar-refractivity contribution in [3.63, 3.8) is 0 Å². The first-order valence-corrected chi connectivity index (χ1v) is 5.54. The molecule has 0 aromatic heterocycles. The molecule has 17 heavy (non-hydrogen) atoms. The predicted molar refractivity (Wildman–Crippen MR) is 59.1 cm³/mol. The van der Waals surface area contributed by atoms with E-state index in [1.165, 1.54) is 31.2 Å². The van der Waals surface area contributed by atoms with Crippen molar-refractivity contribution in [3.05, 3.63) is 35.6 Å². The summed E-state index contributed by atoms with van der Waals surface area (Å²) in [5.74, 6) is -1.46. The lowest BCUT2D eigenvalue weighted by Gasteiger charge is -2.25. The van der Waals surface area contributed by atoms with Gasteiger partial charge < -0.3 is 5.11 Å². The first-order valence-electron chi connectivity index (χ1n) is 5.54. The Labute approximate surface area is 98.3 Å². The van der Waals surface area contributed by atoms with Crippen LogP contribution in [0.15, 0.2) is 24.3 Å². The van der Waals surface area contributed by atoms with E-state index in [0.717, 1.165) is 0 Å². The minimum atomic E-state index is -1.47. The Morgan fingerprint density at radius 1 is 1.29 bits per heavy atom. The number of carboxylic acids is 1. The number of carbonyl (C=O) groups is 1. The molecule has 0 heterocycles. The smallest absolute Gasteiger partial charge is 0.314 e. The van der Waals surface area contributed by atoms with E-state index in [1.54, 1.807) is 0 Å². The number of halogens is 2. The Morgan fingerprint density at radius 2 is 1.88 bits per heavy atom. The van der Waals surface area contributed by atoms with Crippen LogP contribution in [0.25, 0.3) is 0 Å². The molecular weight excluding hydrogens is 226 g/mol. The van der Waals surface area contributed by atoms with Crippen molar-refractivity contribution in [1.29, 1.82) is 0 Å². The van der Waals surface area contributed by atoms with Crippen LogP contribution >= 0.6 is 0 Å². The van der Waals surface area contributed by atoms with E-state index in [2.05, 4.69) is 0 Å². The molecule has 0 saturated heterocycles. The monoisotopic (exact) mass is 240 g/mol. The number of benzene rings is 1. The van der Waals surface area contributed by atoms with Crippen molar-refractivity contribution >= 4 is 5.97 Å². The summed E-state index contributed by atoms with van der Waals surface area (Å²) < 4.78 is 26.7. The lowest BCUT2D eigenvalue weighted by Crippen LogP contribution is -2.34. The fraction of sp³-hybridized carbons (Fsp3) is 0.462. The molecule has 0 radical (unpaired) electrons. The quantitative estimate of drug-likeness (QED) is 0.862. The molecule has 1 aromatic rings. The number of hydrogen-bond donors (Lipinski definition) is 1. The van der Waals surface area contributed by atoms with Gasteiger partial charge in [-0.2, -0.15) is 0 Å². The molecule has 1 N–H and O–H groups in total. The van der Waals surface area contributed by atoms with E-state index < -0.39 is 22.9 Å². The van der Waals surface area contributed by atoms with Crippen molar-refractivity contribution in [2.75, 3.05) is 0 Å². The highest BCUT2D eigenvalue weighted by Crippen LogP contribution is 2.48. The molecule has 4 heteroatoms. The van der Waals surface area contributed by atoms with Crippen molar-refractivity contribution < 1.29 is 18.7 Å². The summed E-state index contributed by atoms with van der Waals surface area (Å²) in [5, 5.41) is 9.36. The fourth-order valence-electron chi connectivity index (χ4n) is 2.60. The van der Waals surface area contributed by atoms with E-state index in [4.69, 9.17) is 0 Å². The maximum absolute atomic E-state index is 13.9. The molecule has 2 unspecified atom stereocenters. The maximum Gasteiger partial charge on any atom is 0.314 e. The molecule has 0 spiro atoms. The fourth-order valence-corrected chi connectivity index (χ4v) is 2.60. The molecule has 2 atom stereocenters. The number of aliphatic carboxylic acids is 1. The summed E-state index contributed by atoms with van der Waals surface area (Å²) in [6, 6.07) is 5.30. The summed E-state index contributed by atoms with van der Waals surface area (Å²) in [6.07, 6.45) is 0.415. The van der Waals surface area contributed by atoms with Crippen LogP contribution in [0.1, 0.15) is 31.7 Å². The van der Waals surface area contributed by atoms with Crippen LogP contribution in [0, 0.1) is 5.82 Å². The van der Waals surface area contributed by atoms with Gasteiger partial charge in [0.15, 0.2) is 0 Å². The summed E-state index contributed by atoms with van der Waals surface area (Å²) in [7, 11) is 0. The van der Waals surface area contributed by atoms with Crippen LogP contribution in [0.4, 0.5) is 8.78 Å². The average molecular weight is 240 g/mol. The van der Waals surface area contributed by atoms with E-state index in [0.29, 0.717) is 5.56 Å². The van der Waals surface area contributed by atoms with E-state index in [-0.39, 0.29) is 19.3 Å². The molecule has 1 aromatic carbocycles. The van der Waals surface area contributed by atoms with Gasteiger partial charge in [-0.25, -0.2) is 8.78 Å². The molecule has 0 amide bonds. The first-order chi connectivity index (χ1) is 7.86. The van der Waals surface area contributed by atoms with Crippen LogP contribution in [0.3, 0.4) is 0 Å². The zero-order valence-electron chi connectivity index (χ0n) is 9.54. The third-order valence-electron chi connectivity index (χ3n) is 3.55. The number of rotatable bonds is 2. The number of hydrogen-bond acceptors (Lipinski definition) is 1. The highest BCUT2D eigenvalue weighted by atomic mass is 19.1. The van der Waals surface area contributed by atoms with Gasteiger partial charge in [0.05, 0.1) is 5.41 Å². The Morgan fingerprint density at radius 3 is 2.29 bits per heavy atom. The topological polar surface area (TPSA) is 37.3 Å². The van der Waals surface area contributed by atoms with E-state index >= 15 is 0 Å². The molecule has 1 aliphatic rings. The molecule has 0 bridgehead atoms. The third kappa shape index (κ3) is 2.04. The van der Waals surface area contributed by atoms with Crippen LogP contribution in [-0.2, 0) is 10.2 Å². The van der Waals surface area contributed by atoms with Gasteiger partial charge in [-0.3, -0.25) is 4.79 Å². The molecule has 92 valence electrons. The Balaban J connectivity index is 2.43. The van der Waals surface area contributed by atoms with Crippen LogP contribution in [-0.4, -0.2) is 16.7 Å². The number of carboxylic acid groups (broad SMARTS) is 1. The summed E-state index contributed by atoms with van der Waals surface area (Å²) >= 11 is 0. The van der Waals surface area contributed by atoms with Crippen molar-refractivity contribution in [2.24, 2.45) is 0 Å². The molecular formula is C13H14F2O2. The Bertz CT molecular complexity index is 439. The van der Waals surface area contributed by atoms with Gasteiger partial charge in [-0.05, 0) is 37.5 Å². The Hall–Kier alpha value is -1.45. The third-order valence-corrected chi connectivity index (χ3v) is 3.55. The maximum atomic E-state index is 13.9. The first kappa shape index (κ1) is 12.0. The normalized spacial score (nSPS) is 32.6. The lowest BCUT2D eigenvalue weighted by molar-refractivity contribution is -0.144. The van der Waals surface area contributed by atoms with Crippen molar-refractivity contribution in [1.82, 2.24) is 0 Å². The summed E-state index contributed by atoms with van der Waals surface area (Å²) in [4.78, 5) is 11.4. The molecule has 2 nitrogen and oxygen atoms in total. The van der Waals surface area contributed by atoms with Crippen LogP contribution in [0.2, 0.25) is 0 Å². The average Bonchev–Trinajstić information content (AvgIpc) is 2.57. The van der Waals surface area contributed by atoms with E-state index in [1.807, 2.05) is 0 Å².